The minimum atomic E-state index is 0.103. The van der Waals surface area contributed by atoms with Gasteiger partial charge in [-0.05, 0) is 74.9 Å². The second-order valence-electron chi connectivity index (χ2n) is 9.68. The molecular formula is C27H35N3O. The lowest BCUT2D eigenvalue weighted by atomic mass is 9.96. The molecule has 1 aliphatic heterocycles. The number of fused-ring (bicyclic) bond motifs is 1. The van der Waals surface area contributed by atoms with E-state index >= 15 is 0 Å². The van der Waals surface area contributed by atoms with Crippen molar-refractivity contribution in [3.8, 4) is 11.1 Å². The minimum absolute atomic E-state index is 0.103. The summed E-state index contributed by atoms with van der Waals surface area (Å²) in [6.07, 6.45) is 2.38. The van der Waals surface area contributed by atoms with E-state index in [0.717, 1.165) is 41.9 Å². The van der Waals surface area contributed by atoms with E-state index in [4.69, 9.17) is 4.98 Å². The van der Waals surface area contributed by atoms with Crippen LogP contribution >= 0.6 is 0 Å². The quantitative estimate of drug-likeness (QED) is 0.541. The molecule has 164 valence electrons. The molecule has 1 atom stereocenters. The zero-order valence-corrected chi connectivity index (χ0v) is 19.6. The van der Waals surface area contributed by atoms with Crippen molar-refractivity contribution < 1.29 is 0 Å². The summed E-state index contributed by atoms with van der Waals surface area (Å²) in [6.45, 7) is 13.9. The van der Waals surface area contributed by atoms with Gasteiger partial charge in [-0.2, -0.15) is 0 Å². The summed E-state index contributed by atoms with van der Waals surface area (Å²) in [4.78, 5) is 21.2. The van der Waals surface area contributed by atoms with Crippen molar-refractivity contribution in [2.24, 2.45) is 5.92 Å². The van der Waals surface area contributed by atoms with Crippen molar-refractivity contribution in [3.63, 3.8) is 0 Å². The maximum Gasteiger partial charge on any atom is 0.261 e. The van der Waals surface area contributed by atoms with Gasteiger partial charge in [0.05, 0.1) is 10.9 Å². The molecular weight excluding hydrogens is 382 g/mol. The molecule has 0 amide bonds. The number of likely N-dealkylation sites (tertiary alicyclic amines) is 1. The standard InChI is InChI=1S/C27H35N3O/c1-18(2)26-28-25-13-12-22(23-11-7-6-9-20(23)5)15-24(25)27(31)30(26)17-21-10-8-14-29(16-21)19(3)4/h6-7,9,11-13,15,18-19,21H,8,10,14,16-17H2,1-5H3. The van der Waals surface area contributed by atoms with Crippen LogP contribution in [0, 0.1) is 12.8 Å². The van der Waals surface area contributed by atoms with E-state index in [2.05, 4.69) is 63.8 Å². The lowest BCUT2D eigenvalue weighted by Gasteiger charge is -2.36. The third kappa shape index (κ3) is 4.45. The van der Waals surface area contributed by atoms with Crippen molar-refractivity contribution in [2.75, 3.05) is 13.1 Å². The highest BCUT2D eigenvalue weighted by atomic mass is 16.1. The second kappa shape index (κ2) is 8.96. The Labute approximate surface area is 185 Å². The molecule has 1 saturated heterocycles. The molecule has 1 aliphatic rings. The van der Waals surface area contributed by atoms with E-state index < -0.39 is 0 Å². The largest absolute Gasteiger partial charge is 0.301 e. The van der Waals surface area contributed by atoms with Gasteiger partial charge in [0.2, 0.25) is 0 Å². The van der Waals surface area contributed by atoms with Gasteiger partial charge in [0.15, 0.2) is 0 Å². The Hall–Kier alpha value is -2.46. The summed E-state index contributed by atoms with van der Waals surface area (Å²) in [5.74, 6) is 1.60. The number of rotatable bonds is 5. The maximum absolute atomic E-state index is 13.7. The first-order valence-corrected chi connectivity index (χ1v) is 11.7. The molecule has 3 aromatic rings. The predicted octanol–water partition coefficient (Wildman–Crippen LogP) is 5.62. The van der Waals surface area contributed by atoms with Gasteiger partial charge in [-0.15, -0.1) is 0 Å². The van der Waals surface area contributed by atoms with E-state index in [0.29, 0.717) is 12.0 Å². The van der Waals surface area contributed by atoms with Crippen LogP contribution in [0.25, 0.3) is 22.0 Å². The first-order valence-electron chi connectivity index (χ1n) is 11.7. The van der Waals surface area contributed by atoms with E-state index in [1.807, 2.05) is 22.8 Å². The van der Waals surface area contributed by atoms with E-state index in [1.54, 1.807) is 0 Å². The van der Waals surface area contributed by atoms with Crippen molar-refractivity contribution in [1.29, 1.82) is 0 Å². The highest BCUT2D eigenvalue weighted by Crippen LogP contribution is 2.27. The normalized spacial score (nSPS) is 17.7. The van der Waals surface area contributed by atoms with Crippen LogP contribution in [0.1, 0.15) is 57.8 Å². The third-order valence-corrected chi connectivity index (χ3v) is 6.68. The van der Waals surface area contributed by atoms with Crippen LogP contribution in [0.5, 0.6) is 0 Å². The molecule has 31 heavy (non-hydrogen) atoms. The summed E-state index contributed by atoms with van der Waals surface area (Å²) >= 11 is 0. The third-order valence-electron chi connectivity index (χ3n) is 6.68. The summed E-state index contributed by atoms with van der Waals surface area (Å²) < 4.78 is 1.98. The number of hydrogen-bond donors (Lipinski definition) is 0. The predicted molar refractivity (Wildman–Crippen MR) is 130 cm³/mol. The first-order chi connectivity index (χ1) is 14.8. The van der Waals surface area contributed by atoms with Crippen molar-refractivity contribution in [2.45, 2.75) is 66.0 Å². The molecule has 2 aromatic carbocycles. The molecule has 4 nitrogen and oxygen atoms in total. The monoisotopic (exact) mass is 417 g/mol. The molecule has 0 N–H and O–H groups in total. The van der Waals surface area contributed by atoms with E-state index in [1.165, 1.54) is 24.0 Å². The number of piperidine rings is 1. The van der Waals surface area contributed by atoms with Crippen molar-refractivity contribution in [1.82, 2.24) is 14.5 Å². The van der Waals surface area contributed by atoms with Gasteiger partial charge >= 0.3 is 0 Å². The molecule has 0 radical (unpaired) electrons. The van der Waals surface area contributed by atoms with Crippen LogP contribution in [0.2, 0.25) is 0 Å². The zero-order valence-electron chi connectivity index (χ0n) is 19.6. The number of nitrogens with zero attached hydrogens (tertiary/aromatic N) is 3. The lowest BCUT2D eigenvalue weighted by Crippen LogP contribution is -2.42. The molecule has 2 heterocycles. The number of aromatic nitrogens is 2. The number of aryl methyl sites for hydroxylation is 1. The fraction of sp³-hybridized carbons (Fsp3) is 0.481. The highest BCUT2D eigenvalue weighted by molar-refractivity contribution is 5.84. The van der Waals surface area contributed by atoms with Crippen molar-refractivity contribution >= 4 is 10.9 Å². The van der Waals surface area contributed by atoms with Gasteiger partial charge in [-0.3, -0.25) is 9.36 Å². The first kappa shape index (κ1) is 21.8. The molecule has 1 unspecified atom stereocenters. The zero-order chi connectivity index (χ0) is 22.1. The van der Waals surface area contributed by atoms with Crippen LogP contribution in [0.3, 0.4) is 0 Å². The topological polar surface area (TPSA) is 38.1 Å². The van der Waals surface area contributed by atoms with Crippen LogP contribution in [0.15, 0.2) is 47.3 Å². The fourth-order valence-electron chi connectivity index (χ4n) is 4.89. The van der Waals surface area contributed by atoms with Gasteiger partial charge in [-0.1, -0.05) is 44.2 Å². The van der Waals surface area contributed by atoms with Gasteiger partial charge in [0.1, 0.15) is 5.82 Å². The molecule has 4 heteroatoms. The molecule has 0 bridgehead atoms. The molecule has 4 rings (SSSR count). The molecule has 0 aliphatic carbocycles. The average molecular weight is 418 g/mol. The summed E-state index contributed by atoms with van der Waals surface area (Å²) in [5.41, 5.74) is 4.37. The second-order valence-corrected chi connectivity index (χ2v) is 9.68. The Balaban J connectivity index is 1.78. The highest BCUT2D eigenvalue weighted by Gasteiger charge is 2.24. The van der Waals surface area contributed by atoms with E-state index in [9.17, 15) is 4.79 Å². The number of hydrogen-bond acceptors (Lipinski definition) is 3. The van der Waals surface area contributed by atoms with Gasteiger partial charge in [-0.25, -0.2) is 4.98 Å². The summed E-state index contributed by atoms with van der Waals surface area (Å²) in [5, 5.41) is 0.724. The van der Waals surface area contributed by atoms with Crippen LogP contribution in [0.4, 0.5) is 0 Å². The Morgan fingerprint density at radius 3 is 2.58 bits per heavy atom. The molecule has 1 aromatic heterocycles. The summed E-state index contributed by atoms with van der Waals surface area (Å²) in [7, 11) is 0. The Bertz CT molecular complexity index is 1130. The Kier molecular flexibility index (Phi) is 6.29. The van der Waals surface area contributed by atoms with Crippen LogP contribution in [-0.4, -0.2) is 33.6 Å². The maximum atomic E-state index is 13.7. The fourth-order valence-corrected chi connectivity index (χ4v) is 4.89. The smallest absolute Gasteiger partial charge is 0.261 e. The SMILES string of the molecule is Cc1ccccc1-c1ccc2nc(C(C)C)n(CC3CCCN(C(C)C)C3)c(=O)c2c1. The number of benzene rings is 2. The van der Waals surface area contributed by atoms with E-state index in [-0.39, 0.29) is 11.5 Å². The minimum Gasteiger partial charge on any atom is -0.301 e. The lowest BCUT2D eigenvalue weighted by molar-refractivity contribution is 0.129. The Morgan fingerprint density at radius 1 is 1.10 bits per heavy atom. The van der Waals surface area contributed by atoms with Crippen LogP contribution in [-0.2, 0) is 6.54 Å². The molecule has 0 saturated carbocycles. The molecule has 0 spiro atoms. The Morgan fingerprint density at radius 2 is 1.87 bits per heavy atom. The van der Waals surface area contributed by atoms with Gasteiger partial charge in [0.25, 0.3) is 5.56 Å². The molecule has 1 fully saturated rings. The summed E-state index contributed by atoms with van der Waals surface area (Å²) in [6, 6.07) is 15.0. The van der Waals surface area contributed by atoms with Crippen molar-refractivity contribution in [3.05, 3.63) is 64.2 Å². The average Bonchev–Trinajstić information content (AvgIpc) is 2.76. The van der Waals surface area contributed by atoms with Gasteiger partial charge in [0, 0.05) is 25.0 Å². The van der Waals surface area contributed by atoms with Gasteiger partial charge < -0.3 is 4.90 Å². The van der Waals surface area contributed by atoms with Crippen LogP contribution < -0.4 is 5.56 Å².